The Kier molecular flexibility index (Phi) is 3.52. The van der Waals surface area contributed by atoms with Gasteiger partial charge in [0.05, 0.1) is 24.5 Å². The Labute approximate surface area is 122 Å². The number of anilines is 3. The Morgan fingerprint density at radius 2 is 1.86 bits per heavy atom. The van der Waals surface area contributed by atoms with E-state index in [1.807, 2.05) is 18.2 Å². The minimum atomic E-state index is 0.502. The largest absolute Gasteiger partial charge is 0.490 e. The van der Waals surface area contributed by atoms with Crippen LogP contribution in [0, 0.1) is 11.3 Å². The molecule has 0 fully saturated rings. The van der Waals surface area contributed by atoms with E-state index in [0.29, 0.717) is 35.9 Å². The monoisotopic (exact) mass is 281 g/mol. The van der Waals surface area contributed by atoms with Crippen LogP contribution < -0.4 is 20.5 Å². The second-order valence-electron chi connectivity index (χ2n) is 4.75. The van der Waals surface area contributed by atoms with Gasteiger partial charge in [-0.2, -0.15) is 5.26 Å². The number of fused-ring (bicyclic) bond motifs is 1. The summed E-state index contributed by atoms with van der Waals surface area (Å²) >= 11 is 0. The molecule has 0 saturated carbocycles. The predicted octanol–water partition coefficient (Wildman–Crippen LogP) is 3.05. The molecule has 5 heteroatoms. The number of ether oxygens (including phenoxy) is 2. The molecule has 0 saturated heterocycles. The number of nitrogens with two attached hydrogens (primary N) is 1. The van der Waals surface area contributed by atoms with Crippen LogP contribution in [0.5, 0.6) is 11.5 Å². The van der Waals surface area contributed by atoms with Crippen molar-refractivity contribution in [2.75, 3.05) is 24.3 Å². The first-order valence-corrected chi connectivity index (χ1v) is 6.72. The molecule has 0 aromatic heterocycles. The maximum Gasteiger partial charge on any atom is 0.163 e. The molecular formula is C16H15N3O2. The normalized spacial score (nSPS) is 13.1. The summed E-state index contributed by atoms with van der Waals surface area (Å²) in [5, 5.41) is 12.4. The van der Waals surface area contributed by atoms with Crippen molar-refractivity contribution < 1.29 is 9.47 Å². The highest BCUT2D eigenvalue weighted by Crippen LogP contribution is 2.33. The summed E-state index contributed by atoms with van der Waals surface area (Å²) in [6.07, 6.45) is 0.869. The topological polar surface area (TPSA) is 80.3 Å². The third-order valence-electron chi connectivity index (χ3n) is 3.19. The molecule has 0 bridgehead atoms. The van der Waals surface area contributed by atoms with Crippen molar-refractivity contribution in [1.29, 1.82) is 5.26 Å². The Balaban J connectivity index is 1.89. The smallest absolute Gasteiger partial charge is 0.163 e. The Morgan fingerprint density at radius 1 is 1.05 bits per heavy atom. The molecule has 5 nitrogen and oxygen atoms in total. The van der Waals surface area contributed by atoms with Crippen molar-refractivity contribution in [1.82, 2.24) is 0 Å². The summed E-state index contributed by atoms with van der Waals surface area (Å²) in [4.78, 5) is 0. The van der Waals surface area contributed by atoms with Crippen LogP contribution in [-0.2, 0) is 0 Å². The molecule has 0 atom stereocenters. The number of hydrogen-bond acceptors (Lipinski definition) is 5. The fourth-order valence-corrected chi connectivity index (χ4v) is 2.16. The van der Waals surface area contributed by atoms with E-state index in [-0.39, 0.29) is 0 Å². The van der Waals surface area contributed by atoms with E-state index >= 15 is 0 Å². The molecule has 0 amide bonds. The third kappa shape index (κ3) is 2.84. The number of nitrogens with zero attached hydrogens (tertiary/aromatic N) is 1. The standard InChI is InChI=1S/C16H15N3O2/c17-10-11-8-12(18)2-4-14(11)19-13-3-5-15-16(9-13)21-7-1-6-20-15/h2-5,8-9,19H,1,6-7,18H2. The lowest BCUT2D eigenvalue weighted by atomic mass is 10.1. The van der Waals surface area contributed by atoms with Crippen molar-refractivity contribution in [3.05, 3.63) is 42.0 Å². The van der Waals surface area contributed by atoms with Crippen LogP contribution in [0.15, 0.2) is 36.4 Å². The van der Waals surface area contributed by atoms with Gasteiger partial charge in [-0.25, -0.2) is 0 Å². The highest BCUT2D eigenvalue weighted by Gasteiger charge is 2.11. The van der Waals surface area contributed by atoms with Gasteiger partial charge in [0.1, 0.15) is 6.07 Å². The van der Waals surface area contributed by atoms with Gasteiger partial charge in [-0.1, -0.05) is 0 Å². The minimum Gasteiger partial charge on any atom is -0.490 e. The van der Waals surface area contributed by atoms with E-state index in [2.05, 4.69) is 11.4 Å². The molecule has 0 unspecified atom stereocenters. The van der Waals surface area contributed by atoms with Crippen molar-refractivity contribution in [3.63, 3.8) is 0 Å². The first kappa shape index (κ1) is 13.1. The van der Waals surface area contributed by atoms with Gasteiger partial charge < -0.3 is 20.5 Å². The van der Waals surface area contributed by atoms with E-state index in [4.69, 9.17) is 20.5 Å². The fourth-order valence-electron chi connectivity index (χ4n) is 2.16. The molecule has 0 spiro atoms. The molecule has 0 aliphatic carbocycles. The molecule has 3 rings (SSSR count). The van der Waals surface area contributed by atoms with Gasteiger partial charge in [0.2, 0.25) is 0 Å². The van der Waals surface area contributed by atoms with Gasteiger partial charge >= 0.3 is 0 Å². The average molecular weight is 281 g/mol. The summed E-state index contributed by atoms with van der Waals surface area (Å²) in [6.45, 7) is 1.30. The molecular weight excluding hydrogens is 266 g/mol. The summed E-state index contributed by atoms with van der Waals surface area (Å²) < 4.78 is 11.2. The van der Waals surface area contributed by atoms with Crippen LogP contribution in [0.3, 0.4) is 0 Å². The summed E-state index contributed by atoms with van der Waals surface area (Å²) in [5.74, 6) is 1.46. The van der Waals surface area contributed by atoms with Crippen LogP contribution in [0.2, 0.25) is 0 Å². The lowest BCUT2D eigenvalue weighted by Crippen LogP contribution is -1.97. The predicted molar refractivity (Wildman–Crippen MR) is 80.9 cm³/mol. The Bertz CT molecular complexity index is 707. The molecule has 3 N–H and O–H groups in total. The zero-order chi connectivity index (χ0) is 14.7. The highest BCUT2D eigenvalue weighted by molar-refractivity contribution is 5.70. The van der Waals surface area contributed by atoms with Gasteiger partial charge in [-0.3, -0.25) is 0 Å². The Hall–Kier alpha value is -2.87. The van der Waals surface area contributed by atoms with E-state index in [1.165, 1.54) is 0 Å². The number of nitrogen functional groups attached to an aromatic ring is 1. The van der Waals surface area contributed by atoms with Crippen LogP contribution in [0.25, 0.3) is 0 Å². The van der Waals surface area contributed by atoms with Crippen molar-refractivity contribution >= 4 is 17.1 Å². The molecule has 2 aromatic rings. The molecule has 1 aliphatic heterocycles. The zero-order valence-corrected chi connectivity index (χ0v) is 11.4. The van der Waals surface area contributed by atoms with Crippen molar-refractivity contribution in [3.8, 4) is 17.6 Å². The quantitative estimate of drug-likeness (QED) is 0.827. The van der Waals surface area contributed by atoms with Crippen LogP contribution in [-0.4, -0.2) is 13.2 Å². The molecule has 2 aromatic carbocycles. The maximum absolute atomic E-state index is 9.16. The first-order valence-electron chi connectivity index (χ1n) is 6.72. The fraction of sp³-hybridized carbons (Fsp3) is 0.188. The number of benzene rings is 2. The van der Waals surface area contributed by atoms with Crippen LogP contribution in [0.4, 0.5) is 17.1 Å². The minimum absolute atomic E-state index is 0.502. The van der Waals surface area contributed by atoms with Gasteiger partial charge in [-0.05, 0) is 30.3 Å². The van der Waals surface area contributed by atoms with Gasteiger partial charge in [-0.15, -0.1) is 0 Å². The average Bonchev–Trinajstić information content (AvgIpc) is 2.74. The lowest BCUT2D eigenvalue weighted by molar-refractivity contribution is 0.297. The SMILES string of the molecule is N#Cc1cc(N)ccc1Nc1ccc2c(c1)OCCCO2. The Morgan fingerprint density at radius 3 is 2.67 bits per heavy atom. The zero-order valence-electron chi connectivity index (χ0n) is 11.4. The number of hydrogen-bond donors (Lipinski definition) is 2. The van der Waals surface area contributed by atoms with Crippen LogP contribution in [0.1, 0.15) is 12.0 Å². The molecule has 21 heavy (non-hydrogen) atoms. The lowest BCUT2D eigenvalue weighted by Gasteiger charge is -2.12. The van der Waals surface area contributed by atoms with Gasteiger partial charge in [0.25, 0.3) is 0 Å². The van der Waals surface area contributed by atoms with Gasteiger partial charge in [0, 0.05) is 23.9 Å². The van der Waals surface area contributed by atoms with Gasteiger partial charge in [0.15, 0.2) is 11.5 Å². The molecule has 1 heterocycles. The van der Waals surface area contributed by atoms with Crippen molar-refractivity contribution in [2.24, 2.45) is 0 Å². The van der Waals surface area contributed by atoms with Crippen molar-refractivity contribution in [2.45, 2.75) is 6.42 Å². The van der Waals surface area contributed by atoms with E-state index in [1.54, 1.807) is 18.2 Å². The summed E-state index contributed by atoms with van der Waals surface area (Å²) in [7, 11) is 0. The number of rotatable bonds is 2. The second kappa shape index (κ2) is 5.63. The van der Waals surface area contributed by atoms with Crippen LogP contribution >= 0.6 is 0 Å². The third-order valence-corrected chi connectivity index (χ3v) is 3.19. The number of nitrogens with one attached hydrogen (secondary N) is 1. The summed E-state index contributed by atoms with van der Waals surface area (Å²) in [6, 6.07) is 13.0. The molecule has 0 radical (unpaired) electrons. The van der Waals surface area contributed by atoms with E-state index < -0.39 is 0 Å². The maximum atomic E-state index is 9.16. The van der Waals surface area contributed by atoms with E-state index in [9.17, 15) is 0 Å². The highest BCUT2D eigenvalue weighted by atomic mass is 16.5. The number of nitriles is 1. The molecule has 1 aliphatic rings. The second-order valence-corrected chi connectivity index (χ2v) is 4.75. The van der Waals surface area contributed by atoms with E-state index in [0.717, 1.165) is 17.9 Å². The molecule has 106 valence electrons. The summed E-state index contributed by atoms with van der Waals surface area (Å²) in [5.41, 5.74) is 8.30. The first-order chi connectivity index (χ1) is 10.3.